The Morgan fingerprint density at radius 3 is 2.87 bits per heavy atom. The lowest BCUT2D eigenvalue weighted by molar-refractivity contribution is 0.509. The van der Waals surface area contributed by atoms with Crippen LogP contribution in [0.2, 0.25) is 0 Å². The van der Waals surface area contributed by atoms with Gasteiger partial charge in [-0.25, -0.2) is 8.78 Å². The van der Waals surface area contributed by atoms with Gasteiger partial charge >= 0.3 is 0 Å². The number of anilines is 1. The van der Waals surface area contributed by atoms with Crippen molar-refractivity contribution in [1.29, 1.82) is 0 Å². The fourth-order valence-corrected chi connectivity index (χ4v) is 2.93. The number of halogens is 2. The molecule has 15 heavy (non-hydrogen) atoms. The van der Waals surface area contributed by atoms with E-state index >= 15 is 0 Å². The molecule has 1 aromatic carbocycles. The topological polar surface area (TPSA) is 12.0 Å². The number of hydrogen-bond donors (Lipinski definition) is 1. The zero-order valence-corrected chi connectivity index (χ0v) is 9.28. The maximum atomic E-state index is 13.3. The van der Waals surface area contributed by atoms with Crippen LogP contribution in [-0.2, 0) is 0 Å². The normalized spacial score (nSPS) is 25.5. The van der Waals surface area contributed by atoms with Gasteiger partial charge in [0.05, 0.1) is 5.69 Å². The van der Waals surface area contributed by atoms with Gasteiger partial charge in [0.15, 0.2) is 11.6 Å². The molecule has 1 aliphatic heterocycles. The lowest BCUT2D eigenvalue weighted by Gasteiger charge is -2.18. The maximum absolute atomic E-state index is 13.3. The number of rotatable bonds is 2. The summed E-state index contributed by atoms with van der Waals surface area (Å²) in [6.07, 6.45) is 1.00. The van der Waals surface area contributed by atoms with E-state index in [0.717, 1.165) is 18.2 Å². The van der Waals surface area contributed by atoms with Crippen molar-refractivity contribution in [3.63, 3.8) is 0 Å². The van der Waals surface area contributed by atoms with Crippen molar-refractivity contribution in [3.05, 3.63) is 29.8 Å². The van der Waals surface area contributed by atoms with E-state index in [0.29, 0.717) is 5.25 Å². The molecule has 0 saturated carbocycles. The summed E-state index contributed by atoms with van der Waals surface area (Å²) >= 11 is 1.86. The molecule has 1 N–H and O–H groups in total. The molecule has 0 radical (unpaired) electrons. The molecular weight excluding hydrogens is 216 g/mol. The molecule has 1 nitrogen and oxygen atoms in total. The van der Waals surface area contributed by atoms with E-state index in [1.807, 2.05) is 11.8 Å². The fraction of sp³-hybridized carbons (Fsp3) is 0.455. The average molecular weight is 229 g/mol. The van der Waals surface area contributed by atoms with Crippen molar-refractivity contribution in [3.8, 4) is 0 Å². The molecule has 82 valence electrons. The first-order valence-electron chi connectivity index (χ1n) is 5.00. The van der Waals surface area contributed by atoms with Crippen molar-refractivity contribution in [2.75, 3.05) is 11.1 Å². The highest BCUT2D eigenvalue weighted by atomic mass is 32.2. The van der Waals surface area contributed by atoms with Gasteiger partial charge in [-0.15, -0.1) is 0 Å². The molecule has 2 atom stereocenters. The Morgan fingerprint density at radius 1 is 1.40 bits per heavy atom. The molecule has 0 bridgehead atoms. The Kier molecular flexibility index (Phi) is 3.14. The van der Waals surface area contributed by atoms with E-state index in [2.05, 4.69) is 12.2 Å². The Hall–Kier alpha value is -0.770. The average Bonchev–Trinajstić information content (AvgIpc) is 2.60. The van der Waals surface area contributed by atoms with E-state index in [1.54, 1.807) is 6.07 Å². The first-order chi connectivity index (χ1) is 7.18. The number of thioether (sulfide) groups is 1. The molecule has 1 fully saturated rings. The molecule has 1 heterocycles. The highest BCUT2D eigenvalue weighted by Crippen LogP contribution is 2.29. The summed E-state index contributed by atoms with van der Waals surface area (Å²) in [5.74, 6) is -0.490. The van der Waals surface area contributed by atoms with Gasteiger partial charge in [0.25, 0.3) is 0 Å². The first-order valence-corrected chi connectivity index (χ1v) is 6.05. The fourth-order valence-electron chi connectivity index (χ4n) is 1.74. The van der Waals surface area contributed by atoms with Gasteiger partial charge in [0.1, 0.15) is 0 Å². The summed E-state index contributed by atoms with van der Waals surface area (Å²) < 4.78 is 26.3. The molecule has 0 spiro atoms. The van der Waals surface area contributed by atoms with Crippen molar-refractivity contribution in [2.45, 2.75) is 24.6 Å². The molecule has 2 rings (SSSR count). The summed E-state index contributed by atoms with van der Waals surface area (Å²) in [6.45, 7) is 2.10. The highest BCUT2D eigenvalue weighted by molar-refractivity contribution is 8.00. The molecule has 4 heteroatoms. The van der Waals surface area contributed by atoms with E-state index < -0.39 is 11.6 Å². The Balaban J connectivity index is 2.13. The van der Waals surface area contributed by atoms with Gasteiger partial charge < -0.3 is 5.32 Å². The second-order valence-corrected chi connectivity index (χ2v) is 5.20. The SMILES string of the molecule is CC1SCCC1Nc1cccc(F)c1F. The quantitative estimate of drug-likeness (QED) is 0.835. The predicted molar refractivity (Wildman–Crippen MR) is 60.3 cm³/mol. The Morgan fingerprint density at radius 2 is 2.20 bits per heavy atom. The monoisotopic (exact) mass is 229 g/mol. The van der Waals surface area contributed by atoms with Crippen LogP contribution in [0.1, 0.15) is 13.3 Å². The summed E-state index contributed by atoms with van der Waals surface area (Å²) in [5, 5.41) is 3.52. The maximum Gasteiger partial charge on any atom is 0.181 e. The van der Waals surface area contributed by atoms with E-state index in [4.69, 9.17) is 0 Å². The van der Waals surface area contributed by atoms with Crippen LogP contribution in [0.15, 0.2) is 18.2 Å². The van der Waals surface area contributed by atoms with Crippen LogP contribution >= 0.6 is 11.8 Å². The van der Waals surface area contributed by atoms with Gasteiger partial charge in [-0.05, 0) is 24.3 Å². The van der Waals surface area contributed by atoms with Crippen molar-refractivity contribution < 1.29 is 8.78 Å². The second kappa shape index (κ2) is 4.39. The van der Waals surface area contributed by atoms with Gasteiger partial charge in [0, 0.05) is 11.3 Å². The largest absolute Gasteiger partial charge is 0.379 e. The van der Waals surface area contributed by atoms with Crippen molar-refractivity contribution in [2.24, 2.45) is 0 Å². The Labute approximate surface area is 92.3 Å². The minimum atomic E-state index is -0.793. The molecule has 0 amide bonds. The second-order valence-electron chi connectivity index (χ2n) is 3.72. The number of nitrogens with one attached hydrogen (secondary N) is 1. The van der Waals surface area contributed by atoms with Crippen LogP contribution in [0.25, 0.3) is 0 Å². The van der Waals surface area contributed by atoms with Crippen molar-refractivity contribution >= 4 is 17.4 Å². The van der Waals surface area contributed by atoms with Crippen LogP contribution in [0, 0.1) is 11.6 Å². The van der Waals surface area contributed by atoms with Gasteiger partial charge in [0.2, 0.25) is 0 Å². The van der Waals surface area contributed by atoms with Gasteiger partial charge in [-0.1, -0.05) is 13.0 Å². The summed E-state index contributed by atoms with van der Waals surface area (Å²) in [4.78, 5) is 0. The lowest BCUT2D eigenvalue weighted by Crippen LogP contribution is -2.25. The molecule has 1 aliphatic rings. The molecule has 0 aliphatic carbocycles. The van der Waals surface area contributed by atoms with Gasteiger partial charge in [-0.3, -0.25) is 0 Å². The van der Waals surface area contributed by atoms with Crippen LogP contribution in [0.3, 0.4) is 0 Å². The standard InChI is InChI=1S/C11H13F2NS/c1-7-9(5-6-15-7)14-10-4-2-3-8(12)11(10)13/h2-4,7,9,14H,5-6H2,1H3. The Bertz CT molecular complexity index is 356. The third kappa shape index (κ3) is 2.25. The van der Waals surface area contributed by atoms with Crippen molar-refractivity contribution in [1.82, 2.24) is 0 Å². The van der Waals surface area contributed by atoms with Crippen LogP contribution < -0.4 is 5.32 Å². The third-order valence-corrected chi connectivity index (χ3v) is 3.99. The third-order valence-electron chi connectivity index (χ3n) is 2.67. The number of hydrogen-bond acceptors (Lipinski definition) is 2. The highest BCUT2D eigenvalue weighted by Gasteiger charge is 2.24. The lowest BCUT2D eigenvalue weighted by atomic mass is 10.1. The summed E-state index contributed by atoms with van der Waals surface area (Å²) in [6, 6.07) is 4.47. The van der Waals surface area contributed by atoms with Crippen LogP contribution in [0.5, 0.6) is 0 Å². The zero-order chi connectivity index (χ0) is 10.8. The molecule has 1 aromatic rings. The minimum Gasteiger partial charge on any atom is -0.379 e. The predicted octanol–water partition coefficient (Wildman–Crippen LogP) is 3.27. The van der Waals surface area contributed by atoms with E-state index in [1.165, 1.54) is 6.07 Å². The molecule has 2 unspecified atom stereocenters. The number of benzene rings is 1. The summed E-state index contributed by atoms with van der Waals surface area (Å²) in [7, 11) is 0. The summed E-state index contributed by atoms with van der Waals surface area (Å²) in [5.41, 5.74) is 0.273. The van der Waals surface area contributed by atoms with E-state index in [9.17, 15) is 8.78 Å². The zero-order valence-electron chi connectivity index (χ0n) is 8.47. The molecular formula is C11H13F2NS. The molecule has 0 aromatic heterocycles. The van der Waals surface area contributed by atoms with E-state index in [-0.39, 0.29) is 11.7 Å². The van der Waals surface area contributed by atoms with Gasteiger partial charge in [-0.2, -0.15) is 11.8 Å². The minimum absolute atomic E-state index is 0.242. The smallest absolute Gasteiger partial charge is 0.181 e. The first kappa shape index (κ1) is 10.7. The van der Waals surface area contributed by atoms with Crippen LogP contribution in [0.4, 0.5) is 14.5 Å². The molecule has 1 saturated heterocycles. The van der Waals surface area contributed by atoms with Crippen LogP contribution in [-0.4, -0.2) is 17.0 Å².